The second-order valence-corrected chi connectivity index (χ2v) is 5.75. The molecule has 2 rings (SSSR count). The number of rotatable bonds is 6. The third kappa shape index (κ3) is 3.71. The molecule has 1 aromatic heterocycles. The number of hydrogen-bond donors (Lipinski definition) is 2. The number of aromatic nitrogens is 2. The average Bonchev–Trinajstić information content (AvgIpc) is 2.52. The van der Waals surface area contributed by atoms with Gasteiger partial charge in [0.05, 0.1) is 5.69 Å². The minimum atomic E-state index is -0.914. The quantitative estimate of drug-likeness (QED) is 0.841. The first-order valence-electron chi connectivity index (χ1n) is 8.02. The lowest BCUT2D eigenvalue weighted by molar-refractivity contribution is 0.0696. The van der Waals surface area contributed by atoms with Gasteiger partial charge in [0.25, 0.3) is 0 Å². The molecule has 0 saturated heterocycles. The van der Waals surface area contributed by atoms with Crippen LogP contribution in [0.15, 0.2) is 0 Å². The first kappa shape index (κ1) is 15.7. The summed E-state index contributed by atoms with van der Waals surface area (Å²) in [6.45, 7) is 4.74. The molecule has 5 nitrogen and oxygen atoms in total. The molecule has 0 atom stereocenters. The molecule has 0 aromatic carbocycles. The third-order valence-corrected chi connectivity index (χ3v) is 4.34. The lowest BCUT2D eigenvalue weighted by Gasteiger charge is -2.22. The fourth-order valence-electron chi connectivity index (χ4n) is 3.16. The van der Waals surface area contributed by atoms with Crippen LogP contribution in [0.25, 0.3) is 0 Å². The van der Waals surface area contributed by atoms with E-state index in [2.05, 4.69) is 15.5 Å². The third-order valence-electron chi connectivity index (χ3n) is 4.34. The largest absolute Gasteiger partial charge is 0.478 e. The van der Waals surface area contributed by atoms with Crippen molar-refractivity contribution in [1.82, 2.24) is 10.2 Å². The highest BCUT2D eigenvalue weighted by molar-refractivity contribution is 5.95. The molecule has 5 heteroatoms. The van der Waals surface area contributed by atoms with Gasteiger partial charge in [-0.3, -0.25) is 0 Å². The highest BCUT2D eigenvalue weighted by Gasteiger charge is 2.21. The Morgan fingerprint density at radius 1 is 1.19 bits per heavy atom. The summed E-state index contributed by atoms with van der Waals surface area (Å²) in [5.74, 6) is 0.142. The highest BCUT2D eigenvalue weighted by atomic mass is 16.4. The Hall–Kier alpha value is -1.65. The predicted molar refractivity (Wildman–Crippen MR) is 82.8 cm³/mol. The standard InChI is InChI=1S/C16H25N3O2/c1-3-12-13(4-2)18-19-15(14(12)16(20)21)17-10-11-8-6-5-7-9-11/h11H,3-10H2,1-2H3,(H,17,19)(H,20,21). The van der Waals surface area contributed by atoms with Gasteiger partial charge >= 0.3 is 5.97 Å². The monoisotopic (exact) mass is 291 g/mol. The maximum atomic E-state index is 11.6. The molecule has 1 fully saturated rings. The molecule has 0 unspecified atom stereocenters. The average molecular weight is 291 g/mol. The molecule has 0 spiro atoms. The Kier molecular flexibility index (Phi) is 5.53. The van der Waals surface area contributed by atoms with Crippen LogP contribution in [0.1, 0.15) is 67.6 Å². The topological polar surface area (TPSA) is 75.1 Å². The van der Waals surface area contributed by atoms with E-state index in [4.69, 9.17) is 0 Å². The molecule has 1 aromatic rings. The van der Waals surface area contributed by atoms with Gasteiger partial charge in [-0.05, 0) is 37.2 Å². The van der Waals surface area contributed by atoms with E-state index in [9.17, 15) is 9.90 Å². The van der Waals surface area contributed by atoms with Crippen molar-refractivity contribution < 1.29 is 9.90 Å². The summed E-state index contributed by atoms with van der Waals surface area (Å²) in [6.07, 6.45) is 7.68. The number of hydrogen-bond acceptors (Lipinski definition) is 4. The van der Waals surface area contributed by atoms with Gasteiger partial charge in [-0.15, -0.1) is 5.10 Å². The van der Waals surface area contributed by atoms with E-state index in [1.54, 1.807) is 0 Å². The van der Waals surface area contributed by atoms with Crippen molar-refractivity contribution in [2.24, 2.45) is 5.92 Å². The number of carbonyl (C=O) groups is 1. The van der Waals surface area contributed by atoms with Crippen molar-refractivity contribution in [1.29, 1.82) is 0 Å². The number of aryl methyl sites for hydroxylation is 1. The Morgan fingerprint density at radius 2 is 1.90 bits per heavy atom. The lowest BCUT2D eigenvalue weighted by Crippen LogP contribution is -2.21. The Labute approximate surface area is 126 Å². The molecule has 0 aliphatic heterocycles. The van der Waals surface area contributed by atoms with Gasteiger partial charge in [-0.1, -0.05) is 33.1 Å². The highest BCUT2D eigenvalue weighted by Crippen LogP contribution is 2.25. The zero-order chi connectivity index (χ0) is 15.2. The van der Waals surface area contributed by atoms with E-state index in [0.29, 0.717) is 30.1 Å². The van der Waals surface area contributed by atoms with Gasteiger partial charge < -0.3 is 10.4 Å². The summed E-state index contributed by atoms with van der Waals surface area (Å²) in [5.41, 5.74) is 1.91. The summed E-state index contributed by atoms with van der Waals surface area (Å²) in [4.78, 5) is 11.6. The van der Waals surface area contributed by atoms with Crippen LogP contribution in [0.4, 0.5) is 5.82 Å². The van der Waals surface area contributed by atoms with Crippen LogP contribution < -0.4 is 5.32 Å². The molecule has 0 radical (unpaired) electrons. The number of anilines is 1. The molecule has 2 N–H and O–H groups in total. The molecule has 0 amide bonds. The molecule has 1 aliphatic carbocycles. The van der Waals surface area contributed by atoms with Gasteiger partial charge in [-0.2, -0.15) is 5.10 Å². The number of nitrogens with one attached hydrogen (secondary N) is 1. The van der Waals surface area contributed by atoms with Crippen molar-refractivity contribution >= 4 is 11.8 Å². The number of aromatic carboxylic acids is 1. The summed E-state index contributed by atoms with van der Waals surface area (Å²) < 4.78 is 0. The van der Waals surface area contributed by atoms with E-state index < -0.39 is 5.97 Å². The first-order chi connectivity index (χ1) is 10.2. The second kappa shape index (κ2) is 7.38. The molecule has 116 valence electrons. The predicted octanol–water partition coefficient (Wildman–Crippen LogP) is 3.29. The van der Waals surface area contributed by atoms with Crippen molar-refractivity contribution in [3.05, 3.63) is 16.8 Å². The second-order valence-electron chi connectivity index (χ2n) is 5.75. The van der Waals surface area contributed by atoms with E-state index in [1.165, 1.54) is 32.1 Å². The Bertz CT molecular complexity index is 497. The first-order valence-corrected chi connectivity index (χ1v) is 8.02. The van der Waals surface area contributed by atoms with Gasteiger partial charge in [0.1, 0.15) is 5.56 Å². The summed E-state index contributed by atoms with van der Waals surface area (Å²) in [6, 6.07) is 0. The normalized spacial score (nSPS) is 15.9. The zero-order valence-corrected chi connectivity index (χ0v) is 13.0. The van der Waals surface area contributed by atoms with E-state index in [-0.39, 0.29) is 0 Å². The van der Waals surface area contributed by atoms with Crippen LogP contribution in [-0.4, -0.2) is 27.8 Å². The van der Waals surface area contributed by atoms with E-state index in [1.807, 2.05) is 13.8 Å². The number of nitrogens with zero attached hydrogens (tertiary/aromatic N) is 2. The van der Waals surface area contributed by atoms with Crippen LogP contribution in [0.5, 0.6) is 0 Å². The van der Waals surface area contributed by atoms with E-state index >= 15 is 0 Å². The van der Waals surface area contributed by atoms with Crippen LogP contribution in [-0.2, 0) is 12.8 Å². The maximum absolute atomic E-state index is 11.6. The maximum Gasteiger partial charge on any atom is 0.339 e. The molecular weight excluding hydrogens is 266 g/mol. The molecule has 1 heterocycles. The van der Waals surface area contributed by atoms with Crippen LogP contribution in [0.3, 0.4) is 0 Å². The van der Waals surface area contributed by atoms with Crippen LogP contribution >= 0.6 is 0 Å². The smallest absolute Gasteiger partial charge is 0.339 e. The van der Waals surface area contributed by atoms with E-state index in [0.717, 1.165) is 17.8 Å². The van der Waals surface area contributed by atoms with Crippen molar-refractivity contribution in [3.8, 4) is 0 Å². The SMILES string of the molecule is CCc1nnc(NCC2CCCCC2)c(C(=O)O)c1CC. The summed E-state index contributed by atoms with van der Waals surface area (Å²) in [5, 5.41) is 21.1. The Morgan fingerprint density at radius 3 is 2.48 bits per heavy atom. The van der Waals surface area contributed by atoms with Crippen molar-refractivity contribution in [2.45, 2.75) is 58.8 Å². The van der Waals surface area contributed by atoms with Crippen molar-refractivity contribution in [2.75, 3.05) is 11.9 Å². The number of carboxylic acid groups (broad SMARTS) is 1. The van der Waals surface area contributed by atoms with Gasteiger partial charge in [0.15, 0.2) is 5.82 Å². The van der Waals surface area contributed by atoms with Crippen LogP contribution in [0.2, 0.25) is 0 Å². The Balaban J connectivity index is 2.19. The lowest BCUT2D eigenvalue weighted by atomic mass is 9.89. The minimum Gasteiger partial charge on any atom is -0.478 e. The van der Waals surface area contributed by atoms with Crippen LogP contribution in [0, 0.1) is 5.92 Å². The van der Waals surface area contributed by atoms with Gasteiger partial charge in [-0.25, -0.2) is 4.79 Å². The van der Waals surface area contributed by atoms with Gasteiger partial charge in [0.2, 0.25) is 0 Å². The van der Waals surface area contributed by atoms with Crippen molar-refractivity contribution in [3.63, 3.8) is 0 Å². The molecule has 1 saturated carbocycles. The fraction of sp³-hybridized carbons (Fsp3) is 0.688. The molecule has 0 bridgehead atoms. The zero-order valence-electron chi connectivity index (χ0n) is 13.0. The fourth-order valence-corrected chi connectivity index (χ4v) is 3.16. The summed E-state index contributed by atoms with van der Waals surface area (Å²) in [7, 11) is 0. The van der Waals surface area contributed by atoms with Gasteiger partial charge in [0, 0.05) is 6.54 Å². The molecule has 21 heavy (non-hydrogen) atoms. The minimum absolute atomic E-state index is 0.306. The summed E-state index contributed by atoms with van der Waals surface area (Å²) >= 11 is 0. The number of carboxylic acids is 1. The molecular formula is C16H25N3O2. The molecule has 1 aliphatic rings.